The minimum atomic E-state index is -0.0254. The van der Waals surface area contributed by atoms with Crippen molar-refractivity contribution in [1.82, 2.24) is 19.6 Å². The first-order valence-corrected chi connectivity index (χ1v) is 11.1. The molecule has 2 aliphatic heterocycles. The van der Waals surface area contributed by atoms with E-state index in [9.17, 15) is 4.79 Å². The zero-order chi connectivity index (χ0) is 22.3. The van der Waals surface area contributed by atoms with Gasteiger partial charge in [-0.2, -0.15) is 5.10 Å². The van der Waals surface area contributed by atoms with Gasteiger partial charge in [0.25, 0.3) is 0 Å². The Morgan fingerprint density at radius 1 is 1.16 bits per heavy atom. The van der Waals surface area contributed by atoms with E-state index in [0.717, 1.165) is 37.0 Å². The predicted molar refractivity (Wildman–Crippen MR) is 118 cm³/mol. The van der Waals surface area contributed by atoms with Gasteiger partial charge in [-0.05, 0) is 31.4 Å². The third kappa shape index (κ3) is 5.34. The molecule has 2 saturated heterocycles. The summed E-state index contributed by atoms with van der Waals surface area (Å²) in [6.07, 6.45) is 6.97. The van der Waals surface area contributed by atoms with Crippen LogP contribution in [0.1, 0.15) is 36.6 Å². The molecule has 0 bridgehead atoms. The van der Waals surface area contributed by atoms with E-state index in [1.807, 2.05) is 45.1 Å². The first-order chi connectivity index (χ1) is 15.7. The molecular weight excluding hydrogens is 412 g/mol. The monoisotopic (exact) mass is 444 g/mol. The molecular formula is C23H32N4O5. The van der Waals surface area contributed by atoms with E-state index >= 15 is 0 Å². The van der Waals surface area contributed by atoms with Crippen molar-refractivity contribution in [2.75, 3.05) is 47.1 Å². The Morgan fingerprint density at radius 3 is 2.72 bits per heavy atom. The number of morpholine rings is 1. The summed E-state index contributed by atoms with van der Waals surface area (Å²) in [5, 5.41) is 4.51. The van der Waals surface area contributed by atoms with Crippen LogP contribution >= 0.6 is 0 Å². The zero-order valence-electron chi connectivity index (χ0n) is 18.9. The molecule has 0 N–H and O–H groups in total. The van der Waals surface area contributed by atoms with Crippen molar-refractivity contribution in [3.63, 3.8) is 0 Å². The van der Waals surface area contributed by atoms with Gasteiger partial charge >= 0.3 is 6.03 Å². The largest absolute Gasteiger partial charge is 0.497 e. The van der Waals surface area contributed by atoms with Crippen molar-refractivity contribution in [2.24, 2.45) is 0 Å². The number of rotatable bonds is 7. The molecule has 32 heavy (non-hydrogen) atoms. The van der Waals surface area contributed by atoms with E-state index < -0.39 is 0 Å². The highest BCUT2D eigenvalue weighted by Gasteiger charge is 2.25. The van der Waals surface area contributed by atoms with Crippen molar-refractivity contribution in [3.05, 3.63) is 41.7 Å². The fourth-order valence-electron chi connectivity index (χ4n) is 4.10. The molecule has 2 aromatic rings. The van der Waals surface area contributed by atoms with E-state index in [2.05, 4.69) is 5.10 Å². The Balaban J connectivity index is 1.54. The van der Waals surface area contributed by atoms with Crippen LogP contribution in [0.5, 0.6) is 11.5 Å². The lowest BCUT2D eigenvalue weighted by molar-refractivity contribution is -0.0395. The van der Waals surface area contributed by atoms with Gasteiger partial charge in [-0.15, -0.1) is 0 Å². The molecule has 0 aliphatic carbocycles. The van der Waals surface area contributed by atoms with Gasteiger partial charge < -0.3 is 28.7 Å². The minimum absolute atomic E-state index is 0.0205. The van der Waals surface area contributed by atoms with Crippen molar-refractivity contribution in [3.8, 4) is 11.5 Å². The van der Waals surface area contributed by atoms with Crippen molar-refractivity contribution in [1.29, 1.82) is 0 Å². The molecule has 0 radical (unpaired) electrons. The summed E-state index contributed by atoms with van der Waals surface area (Å²) in [5.74, 6) is 1.40. The number of nitrogens with zero attached hydrogens (tertiary/aromatic N) is 4. The van der Waals surface area contributed by atoms with Crippen LogP contribution in [0.3, 0.4) is 0 Å². The summed E-state index contributed by atoms with van der Waals surface area (Å²) in [5.41, 5.74) is 1.88. The number of aromatic nitrogens is 2. The first kappa shape index (κ1) is 22.4. The molecule has 1 aromatic heterocycles. The molecule has 9 nitrogen and oxygen atoms in total. The SMILES string of the molecule is COc1ccc(CN(Cc2cnn(C3CCCCO3)c2)C(=O)N2CCOCC2)c(OC)c1. The second-order valence-electron chi connectivity index (χ2n) is 8.07. The second kappa shape index (κ2) is 10.7. The van der Waals surface area contributed by atoms with Gasteiger partial charge in [-0.1, -0.05) is 0 Å². The Morgan fingerprint density at radius 2 is 2.00 bits per heavy atom. The van der Waals surface area contributed by atoms with Gasteiger partial charge in [-0.25, -0.2) is 9.48 Å². The van der Waals surface area contributed by atoms with E-state index in [0.29, 0.717) is 50.9 Å². The molecule has 2 amide bonds. The molecule has 9 heteroatoms. The maximum atomic E-state index is 13.4. The molecule has 4 rings (SSSR count). The highest BCUT2D eigenvalue weighted by atomic mass is 16.5. The van der Waals surface area contributed by atoms with Crippen LogP contribution < -0.4 is 9.47 Å². The fourth-order valence-corrected chi connectivity index (χ4v) is 4.10. The molecule has 3 heterocycles. The number of methoxy groups -OCH3 is 2. The Hall–Kier alpha value is -2.78. The third-order valence-electron chi connectivity index (χ3n) is 5.89. The van der Waals surface area contributed by atoms with Crippen molar-refractivity contribution >= 4 is 6.03 Å². The molecule has 2 aliphatic rings. The highest BCUT2D eigenvalue weighted by Crippen LogP contribution is 2.27. The average Bonchev–Trinajstić information content (AvgIpc) is 3.33. The van der Waals surface area contributed by atoms with E-state index in [1.54, 1.807) is 14.2 Å². The van der Waals surface area contributed by atoms with Crippen LogP contribution in [0.4, 0.5) is 4.79 Å². The maximum absolute atomic E-state index is 13.4. The lowest BCUT2D eigenvalue weighted by Crippen LogP contribution is -2.47. The molecule has 0 spiro atoms. The Labute approximate surface area is 188 Å². The topological polar surface area (TPSA) is 78.3 Å². The number of benzene rings is 1. The van der Waals surface area contributed by atoms with Gasteiger partial charge in [0.15, 0.2) is 0 Å². The van der Waals surface area contributed by atoms with Crippen LogP contribution in [-0.4, -0.2) is 72.7 Å². The molecule has 1 atom stereocenters. The molecule has 0 saturated carbocycles. The van der Waals surface area contributed by atoms with E-state index in [4.69, 9.17) is 18.9 Å². The van der Waals surface area contributed by atoms with Crippen LogP contribution in [0.15, 0.2) is 30.6 Å². The first-order valence-electron chi connectivity index (χ1n) is 11.1. The number of urea groups is 1. The highest BCUT2D eigenvalue weighted by molar-refractivity contribution is 5.74. The summed E-state index contributed by atoms with van der Waals surface area (Å²) in [6, 6.07) is 5.64. The minimum Gasteiger partial charge on any atom is -0.497 e. The number of hydrogen-bond donors (Lipinski definition) is 0. The predicted octanol–water partition coefficient (Wildman–Crippen LogP) is 3.05. The Kier molecular flexibility index (Phi) is 7.49. The maximum Gasteiger partial charge on any atom is 0.320 e. The van der Waals surface area contributed by atoms with Crippen LogP contribution in [0.25, 0.3) is 0 Å². The summed E-state index contributed by atoms with van der Waals surface area (Å²) >= 11 is 0. The Bertz CT molecular complexity index is 890. The van der Waals surface area contributed by atoms with Crippen LogP contribution in [-0.2, 0) is 22.6 Å². The number of hydrogen-bond acceptors (Lipinski definition) is 6. The lowest BCUT2D eigenvalue weighted by Gasteiger charge is -2.33. The number of ether oxygens (including phenoxy) is 4. The average molecular weight is 445 g/mol. The molecule has 174 valence electrons. The molecule has 1 aromatic carbocycles. The van der Waals surface area contributed by atoms with Gasteiger partial charge in [0.1, 0.15) is 17.7 Å². The normalized spacial score (nSPS) is 18.9. The standard InChI is InChI=1S/C23H32N4O5/c1-29-20-7-6-19(21(13-20)30-2)17-26(23(28)25-8-11-31-12-9-25)15-18-14-24-27(16-18)22-5-3-4-10-32-22/h6-7,13-14,16,22H,3-5,8-12,15,17H2,1-2H3. The summed E-state index contributed by atoms with van der Waals surface area (Å²) < 4.78 is 24.0. The number of carbonyl (C=O) groups excluding carboxylic acids is 1. The summed E-state index contributed by atoms with van der Waals surface area (Å²) in [6.45, 7) is 3.91. The fraction of sp³-hybridized carbons (Fsp3) is 0.565. The van der Waals surface area contributed by atoms with Crippen LogP contribution in [0.2, 0.25) is 0 Å². The molecule has 1 unspecified atom stereocenters. The number of carbonyl (C=O) groups is 1. The lowest BCUT2D eigenvalue weighted by atomic mass is 10.1. The summed E-state index contributed by atoms with van der Waals surface area (Å²) in [7, 11) is 3.25. The van der Waals surface area contributed by atoms with Gasteiger partial charge in [0, 0.05) is 43.1 Å². The van der Waals surface area contributed by atoms with E-state index in [-0.39, 0.29) is 12.3 Å². The third-order valence-corrected chi connectivity index (χ3v) is 5.89. The van der Waals surface area contributed by atoms with Crippen LogP contribution in [0, 0.1) is 0 Å². The van der Waals surface area contributed by atoms with Gasteiger partial charge in [0.2, 0.25) is 0 Å². The van der Waals surface area contributed by atoms with Crippen molar-refractivity contribution in [2.45, 2.75) is 38.6 Å². The molecule has 2 fully saturated rings. The quantitative estimate of drug-likeness (QED) is 0.653. The van der Waals surface area contributed by atoms with Crippen molar-refractivity contribution < 1.29 is 23.7 Å². The summed E-state index contributed by atoms with van der Waals surface area (Å²) in [4.78, 5) is 17.1. The van der Waals surface area contributed by atoms with Gasteiger partial charge in [0.05, 0.1) is 46.7 Å². The van der Waals surface area contributed by atoms with Gasteiger partial charge in [-0.3, -0.25) is 0 Å². The second-order valence-corrected chi connectivity index (χ2v) is 8.07. The number of amides is 2. The van der Waals surface area contributed by atoms with E-state index in [1.165, 1.54) is 0 Å². The zero-order valence-corrected chi connectivity index (χ0v) is 18.9. The smallest absolute Gasteiger partial charge is 0.320 e.